The number of hydrogen-bond acceptors (Lipinski definition) is 5. The van der Waals surface area contributed by atoms with E-state index in [-0.39, 0.29) is 12.5 Å². The van der Waals surface area contributed by atoms with Crippen LogP contribution in [0, 0.1) is 5.82 Å². The van der Waals surface area contributed by atoms with Gasteiger partial charge in [-0.15, -0.1) is 0 Å². The molecule has 0 aliphatic rings. The minimum atomic E-state index is -1.25. The fourth-order valence-corrected chi connectivity index (χ4v) is 5.15. The van der Waals surface area contributed by atoms with Gasteiger partial charge in [0, 0.05) is 36.8 Å². The Morgan fingerprint density at radius 2 is 1.57 bits per heavy atom. The Bertz CT molecular complexity index is 1590. The van der Waals surface area contributed by atoms with Crippen molar-refractivity contribution in [3.63, 3.8) is 0 Å². The van der Waals surface area contributed by atoms with Crippen LogP contribution in [0.1, 0.15) is 11.1 Å². The van der Waals surface area contributed by atoms with Gasteiger partial charge in [0.05, 0.1) is 12.8 Å². The van der Waals surface area contributed by atoms with Crippen molar-refractivity contribution in [3.8, 4) is 17.0 Å². The molecule has 0 unspecified atom stereocenters. The van der Waals surface area contributed by atoms with E-state index in [0.29, 0.717) is 35.1 Å². The lowest BCUT2D eigenvalue weighted by Gasteiger charge is -2.15. The first-order valence-corrected chi connectivity index (χ1v) is 17.0. The Morgan fingerprint density at radius 3 is 2.20 bits per heavy atom. The molecule has 2 aromatic heterocycles. The van der Waals surface area contributed by atoms with Crippen molar-refractivity contribution < 1.29 is 13.9 Å². The van der Waals surface area contributed by atoms with E-state index in [1.54, 1.807) is 17.9 Å². The molecule has 204 valence electrons. The van der Waals surface area contributed by atoms with E-state index in [0.717, 1.165) is 28.3 Å². The quantitative estimate of drug-likeness (QED) is 0.101. The van der Waals surface area contributed by atoms with Gasteiger partial charge in [0.25, 0.3) is 0 Å². The molecule has 0 fully saturated rings. The lowest BCUT2D eigenvalue weighted by Crippen LogP contribution is -2.22. The van der Waals surface area contributed by atoms with Crippen LogP contribution in [0.5, 0.6) is 5.75 Å². The molecule has 5 aromatic rings. The molecular weight excluding hydrogens is 519 g/mol. The van der Waals surface area contributed by atoms with E-state index in [9.17, 15) is 4.39 Å². The molecule has 0 amide bonds. The van der Waals surface area contributed by atoms with E-state index in [2.05, 4.69) is 19.6 Å². The highest BCUT2D eigenvalue weighted by atomic mass is 28.3. The summed E-state index contributed by atoms with van der Waals surface area (Å²) in [6.45, 7) is 7.81. The van der Waals surface area contributed by atoms with Gasteiger partial charge in [-0.05, 0) is 36.4 Å². The second kappa shape index (κ2) is 11.9. The Labute approximate surface area is 235 Å². The molecule has 0 N–H and O–H groups in total. The highest BCUT2D eigenvalue weighted by molar-refractivity contribution is 6.76. The summed E-state index contributed by atoms with van der Waals surface area (Å²) >= 11 is 0. The largest absolute Gasteiger partial charge is 0.496 e. The second-order valence-corrected chi connectivity index (χ2v) is 16.4. The van der Waals surface area contributed by atoms with Gasteiger partial charge in [-0.3, -0.25) is 0 Å². The molecule has 5 rings (SSSR count). The number of hydrogen-bond donors (Lipinski definition) is 0. The fraction of sp³-hybridized carbons (Fsp3) is 0.219. The van der Waals surface area contributed by atoms with Crippen LogP contribution in [0.25, 0.3) is 22.3 Å². The maximum absolute atomic E-state index is 14.3. The second-order valence-electron chi connectivity index (χ2n) is 10.8. The molecule has 6 nitrogen and oxygen atoms in total. The zero-order valence-electron chi connectivity index (χ0n) is 23.3. The van der Waals surface area contributed by atoms with Crippen LogP contribution in [-0.2, 0) is 11.5 Å². The zero-order chi connectivity index (χ0) is 28.1. The standard InChI is InChI=1S/C32H33FN4O2Si/c1-38-28-17-15-25(33)21-27(28)31-26-16-18-29(35-32(26)37(36-31)22-39-19-20-40(2,3)4)34-30(23-11-7-5-8-12-23)24-13-9-6-10-14-24/h5-18,21H,19-20,22H2,1-4H3. The van der Waals surface area contributed by atoms with Crippen molar-refractivity contribution in [2.75, 3.05) is 13.7 Å². The van der Waals surface area contributed by atoms with Crippen molar-refractivity contribution >= 4 is 30.6 Å². The van der Waals surface area contributed by atoms with Gasteiger partial charge in [-0.25, -0.2) is 19.0 Å². The first-order chi connectivity index (χ1) is 19.3. The fourth-order valence-electron chi connectivity index (χ4n) is 4.39. The van der Waals surface area contributed by atoms with Crippen molar-refractivity contribution in [1.82, 2.24) is 14.8 Å². The number of rotatable bonds is 10. The molecule has 3 aromatic carbocycles. The number of benzene rings is 3. The lowest BCUT2D eigenvalue weighted by atomic mass is 10.0. The molecule has 0 saturated carbocycles. The average molecular weight is 553 g/mol. The van der Waals surface area contributed by atoms with Gasteiger partial charge < -0.3 is 9.47 Å². The molecule has 0 aliphatic carbocycles. The van der Waals surface area contributed by atoms with E-state index < -0.39 is 8.07 Å². The number of pyridine rings is 1. The number of fused-ring (bicyclic) bond motifs is 1. The van der Waals surface area contributed by atoms with Crippen molar-refractivity contribution in [3.05, 3.63) is 108 Å². The third kappa shape index (κ3) is 6.35. The van der Waals surface area contributed by atoms with Crippen LogP contribution >= 0.6 is 0 Å². The van der Waals surface area contributed by atoms with Crippen LogP contribution in [0.15, 0.2) is 96.0 Å². The highest BCUT2D eigenvalue weighted by Crippen LogP contribution is 2.35. The van der Waals surface area contributed by atoms with Crippen LogP contribution in [0.2, 0.25) is 25.7 Å². The molecule has 0 saturated heterocycles. The average Bonchev–Trinajstić information content (AvgIpc) is 3.32. The lowest BCUT2D eigenvalue weighted by molar-refractivity contribution is 0.0814. The maximum Gasteiger partial charge on any atom is 0.163 e. The van der Waals surface area contributed by atoms with Crippen LogP contribution in [0.4, 0.5) is 10.2 Å². The summed E-state index contributed by atoms with van der Waals surface area (Å²) in [5, 5.41) is 5.59. The molecule has 0 spiro atoms. The zero-order valence-corrected chi connectivity index (χ0v) is 24.3. The molecule has 0 atom stereocenters. The first kappa shape index (κ1) is 27.4. The van der Waals surface area contributed by atoms with Gasteiger partial charge in [0.15, 0.2) is 11.5 Å². The number of aromatic nitrogens is 3. The summed E-state index contributed by atoms with van der Waals surface area (Å²) in [5.41, 5.74) is 4.54. The topological polar surface area (TPSA) is 61.5 Å². The van der Waals surface area contributed by atoms with E-state index >= 15 is 0 Å². The minimum absolute atomic E-state index is 0.225. The Kier molecular flexibility index (Phi) is 8.18. The minimum Gasteiger partial charge on any atom is -0.496 e. The van der Waals surface area contributed by atoms with E-state index in [4.69, 9.17) is 24.5 Å². The van der Waals surface area contributed by atoms with Crippen LogP contribution in [-0.4, -0.2) is 42.3 Å². The third-order valence-corrected chi connectivity index (χ3v) is 8.23. The van der Waals surface area contributed by atoms with Crippen LogP contribution < -0.4 is 4.74 Å². The molecule has 40 heavy (non-hydrogen) atoms. The molecule has 0 radical (unpaired) electrons. The maximum atomic E-state index is 14.3. The summed E-state index contributed by atoms with van der Waals surface area (Å²) in [5.74, 6) is 0.704. The molecule has 0 aliphatic heterocycles. The van der Waals surface area contributed by atoms with Crippen molar-refractivity contribution in [2.45, 2.75) is 32.4 Å². The Balaban J connectivity index is 1.62. The normalized spacial score (nSPS) is 11.5. The summed E-state index contributed by atoms with van der Waals surface area (Å²) in [6.07, 6.45) is 0. The summed E-state index contributed by atoms with van der Waals surface area (Å²) in [6, 6.07) is 29.4. The predicted octanol–water partition coefficient (Wildman–Crippen LogP) is 7.73. The smallest absolute Gasteiger partial charge is 0.163 e. The summed E-state index contributed by atoms with van der Waals surface area (Å²) < 4.78 is 27.6. The van der Waals surface area contributed by atoms with Crippen molar-refractivity contribution in [2.24, 2.45) is 4.99 Å². The Hall–Kier alpha value is -4.14. The third-order valence-electron chi connectivity index (χ3n) is 6.53. The number of halogens is 1. The van der Waals surface area contributed by atoms with Gasteiger partial charge in [0.2, 0.25) is 0 Å². The molecular formula is C32H33FN4O2Si. The summed E-state index contributed by atoms with van der Waals surface area (Å²) in [4.78, 5) is 9.92. The van der Waals surface area contributed by atoms with Crippen LogP contribution in [0.3, 0.4) is 0 Å². The van der Waals surface area contributed by atoms with Crippen molar-refractivity contribution in [1.29, 1.82) is 0 Å². The van der Waals surface area contributed by atoms with Gasteiger partial charge in [-0.2, -0.15) is 5.10 Å². The monoisotopic (exact) mass is 552 g/mol. The van der Waals surface area contributed by atoms with E-state index in [1.807, 2.05) is 72.8 Å². The SMILES string of the molecule is COc1ccc(F)cc1-c1nn(COCC[Si](C)(C)C)c2nc(N=C(c3ccccc3)c3ccccc3)ccc12. The van der Waals surface area contributed by atoms with E-state index in [1.165, 1.54) is 12.1 Å². The molecule has 0 bridgehead atoms. The first-order valence-electron chi connectivity index (χ1n) is 13.3. The number of methoxy groups -OCH3 is 1. The molecule has 8 heteroatoms. The number of aliphatic imine (C=N–C) groups is 1. The molecule has 2 heterocycles. The van der Waals surface area contributed by atoms with Gasteiger partial charge in [-0.1, -0.05) is 80.3 Å². The Morgan fingerprint density at radius 1 is 0.900 bits per heavy atom. The summed E-state index contributed by atoms with van der Waals surface area (Å²) in [7, 11) is 0.311. The number of ether oxygens (including phenoxy) is 2. The predicted molar refractivity (Wildman–Crippen MR) is 162 cm³/mol. The van der Waals surface area contributed by atoms with Gasteiger partial charge >= 0.3 is 0 Å². The number of nitrogens with zero attached hydrogens (tertiary/aromatic N) is 4. The highest BCUT2D eigenvalue weighted by Gasteiger charge is 2.19. The van der Waals surface area contributed by atoms with Gasteiger partial charge in [0.1, 0.15) is 24.0 Å².